The molecule has 3 aliphatic heterocycles. The number of hydrogen-bond donors (Lipinski definition) is 1. The van der Waals surface area contributed by atoms with Gasteiger partial charge in [-0.2, -0.15) is 0 Å². The average Bonchev–Trinajstić information content (AvgIpc) is 3.22. The summed E-state index contributed by atoms with van der Waals surface area (Å²) in [5.74, 6) is 0.192. The van der Waals surface area contributed by atoms with Crippen molar-refractivity contribution in [3.63, 3.8) is 0 Å². The van der Waals surface area contributed by atoms with Gasteiger partial charge in [0, 0.05) is 56.0 Å². The zero-order chi connectivity index (χ0) is 19.6. The van der Waals surface area contributed by atoms with Crippen molar-refractivity contribution >= 4 is 11.8 Å². The second-order valence-electron chi connectivity index (χ2n) is 8.67. The van der Waals surface area contributed by atoms with Crippen LogP contribution in [0.25, 0.3) is 0 Å². The maximum absolute atomic E-state index is 12.9. The largest absolute Gasteiger partial charge is 0.342 e. The molecule has 3 aliphatic rings. The van der Waals surface area contributed by atoms with Crippen LogP contribution in [0.2, 0.25) is 0 Å². The van der Waals surface area contributed by atoms with Gasteiger partial charge in [0.25, 0.3) is 5.91 Å². The number of amides is 2. The molecule has 2 amide bonds. The molecule has 3 saturated heterocycles. The molecule has 7 nitrogen and oxygen atoms in total. The van der Waals surface area contributed by atoms with E-state index in [1.807, 2.05) is 9.80 Å². The van der Waals surface area contributed by atoms with E-state index < -0.39 is 0 Å². The number of piperidine rings is 2. The number of aromatic amines is 1. The van der Waals surface area contributed by atoms with Gasteiger partial charge in [-0.3, -0.25) is 19.3 Å². The maximum Gasteiger partial charge on any atom is 0.254 e. The minimum Gasteiger partial charge on any atom is -0.342 e. The first-order chi connectivity index (χ1) is 13.5. The maximum atomic E-state index is 12.9. The normalized spacial score (nSPS) is 26.0. The zero-order valence-electron chi connectivity index (χ0n) is 16.5. The molecule has 152 valence electrons. The molecule has 1 spiro atoms. The Hall–Kier alpha value is -2.15. The number of rotatable bonds is 3. The van der Waals surface area contributed by atoms with Gasteiger partial charge in [-0.05, 0) is 51.1 Å². The van der Waals surface area contributed by atoms with E-state index >= 15 is 0 Å². The van der Waals surface area contributed by atoms with Gasteiger partial charge in [-0.25, -0.2) is 0 Å². The molecular formula is C21H30N4O3. The molecule has 0 aliphatic carbocycles. The summed E-state index contributed by atoms with van der Waals surface area (Å²) in [5.41, 5.74) is 0.276. The Balaban J connectivity index is 1.41. The van der Waals surface area contributed by atoms with E-state index in [0.717, 1.165) is 71.2 Å². The molecule has 7 heteroatoms. The van der Waals surface area contributed by atoms with E-state index in [-0.39, 0.29) is 22.8 Å². The van der Waals surface area contributed by atoms with Gasteiger partial charge in [-0.15, -0.1) is 0 Å². The third-order valence-corrected chi connectivity index (χ3v) is 6.53. The molecule has 1 aromatic rings. The predicted molar refractivity (Wildman–Crippen MR) is 106 cm³/mol. The number of aromatic nitrogens is 1. The van der Waals surface area contributed by atoms with Crippen molar-refractivity contribution in [3.8, 4) is 0 Å². The number of carbonyl (C=O) groups is 2. The second-order valence-corrected chi connectivity index (χ2v) is 8.67. The molecule has 4 heterocycles. The summed E-state index contributed by atoms with van der Waals surface area (Å²) in [7, 11) is 0. The fraction of sp³-hybridized carbons (Fsp3) is 0.667. The molecule has 1 N–H and O–H groups in total. The number of likely N-dealkylation sites (tertiary alicyclic amines) is 3. The minimum absolute atomic E-state index is 0.0598. The highest BCUT2D eigenvalue weighted by atomic mass is 16.2. The van der Waals surface area contributed by atoms with Crippen LogP contribution in [-0.2, 0) is 4.79 Å². The van der Waals surface area contributed by atoms with E-state index in [2.05, 4.69) is 9.88 Å². The molecule has 1 atom stereocenters. The van der Waals surface area contributed by atoms with Gasteiger partial charge in [0.1, 0.15) is 0 Å². The lowest BCUT2D eigenvalue weighted by atomic mass is 9.73. The van der Waals surface area contributed by atoms with E-state index in [4.69, 9.17) is 0 Å². The molecule has 0 bridgehead atoms. The summed E-state index contributed by atoms with van der Waals surface area (Å²) in [5, 5.41) is 0. The Morgan fingerprint density at radius 2 is 1.68 bits per heavy atom. The highest BCUT2D eigenvalue weighted by Crippen LogP contribution is 2.38. The van der Waals surface area contributed by atoms with E-state index in [1.165, 1.54) is 12.3 Å². The van der Waals surface area contributed by atoms with Crippen molar-refractivity contribution in [2.45, 2.75) is 38.5 Å². The van der Waals surface area contributed by atoms with Crippen LogP contribution in [0.5, 0.6) is 0 Å². The number of H-pyrrole nitrogens is 1. The topological polar surface area (TPSA) is 76.7 Å². The summed E-state index contributed by atoms with van der Waals surface area (Å²) >= 11 is 0. The molecule has 28 heavy (non-hydrogen) atoms. The van der Waals surface area contributed by atoms with Crippen molar-refractivity contribution in [1.82, 2.24) is 19.7 Å². The molecule has 0 radical (unpaired) electrons. The summed E-state index contributed by atoms with van der Waals surface area (Å²) in [4.78, 5) is 45.8. The van der Waals surface area contributed by atoms with Crippen LogP contribution in [0.4, 0.5) is 0 Å². The number of hydrogen-bond acceptors (Lipinski definition) is 4. The molecule has 1 aromatic heterocycles. The van der Waals surface area contributed by atoms with Crippen LogP contribution >= 0.6 is 0 Å². The Bertz CT molecular complexity index is 782. The summed E-state index contributed by atoms with van der Waals surface area (Å²) in [6, 6.07) is 3.05. The molecule has 4 rings (SSSR count). The third-order valence-electron chi connectivity index (χ3n) is 6.53. The monoisotopic (exact) mass is 386 g/mol. The van der Waals surface area contributed by atoms with Crippen LogP contribution in [0.1, 0.15) is 48.9 Å². The van der Waals surface area contributed by atoms with Crippen LogP contribution in [0.15, 0.2) is 23.1 Å². The standard InChI is InChI=1S/C21H30N4O3/c26-18-13-17(5-8-22-18)20(28)25-12-4-7-21(16-25)6-3-9-23(15-21)14-19(27)24-10-1-2-11-24/h5,8,13H,1-4,6-7,9-12,14-16H2,(H,22,26). The number of nitrogens with one attached hydrogen (secondary N) is 1. The minimum atomic E-state index is -0.248. The molecule has 3 fully saturated rings. The van der Waals surface area contributed by atoms with Crippen LogP contribution < -0.4 is 5.56 Å². The SMILES string of the molecule is O=C(CN1CCCC2(CCCN(C(=O)c3cc[nH]c(=O)c3)C2)C1)N1CCCC1. The number of pyridine rings is 1. The quantitative estimate of drug-likeness (QED) is 0.850. The van der Waals surface area contributed by atoms with Gasteiger partial charge in [-0.1, -0.05) is 0 Å². The lowest BCUT2D eigenvalue weighted by Crippen LogP contribution is -2.55. The fourth-order valence-corrected chi connectivity index (χ4v) is 5.18. The van der Waals surface area contributed by atoms with E-state index in [1.54, 1.807) is 6.07 Å². The molecule has 1 unspecified atom stereocenters. The lowest BCUT2D eigenvalue weighted by Gasteiger charge is -2.48. The Morgan fingerprint density at radius 1 is 0.964 bits per heavy atom. The average molecular weight is 386 g/mol. The van der Waals surface area contributed by atoms with Crippen LogP contribution in [0, 0.1) is 5.41 Å². The highest BCUT2D eigenvalue weighted by Gasteiger charge is 2.41. The van der Waals surface area contributed by atoms with Crippen molar-refractivity contribution in [2.24, 2.45) is 5.41 Å². The molecule has 0 saturated carbocycles. The van der Waals surface area contributed by atoms with Gasteiger partial charge in [0.2, 0.25) is 11.5 Å². The Kier molecular flexibility index (Phi) is 5.53. The Labute approximate surface area is 165 Å². The predicted octanol–water partition coefficient (Wildman–Crippen LogP) is 1.32. The third kappa shape index (κ3) is 4.14. The van der Waals surface area contributed by atoms with Crippen molar-refractivity contribution in [3.05, 3.63) is 34.2 Å². The first-order valence-corrected chi connectivity index (χ1v) is 10.5. The number of carbonyl (C=O) groups excluding carboxylic acids is 2. The highest BCUT2D eigenvalue weighted by molar-refractivity contribution is 5.94. The number of nitrogens with zero attached hydrogens (tertiary/aromatic N) is 3. The van der Waals surface area contributed by atoms with Gasteiger partial charge >= 0.3 is 0 Å². The molecular weight excluding hydrogens is 356 g/mol. The second kappa shape index (κ2) is 8.07. The van der Waals surface area contributed by atoms with Crippen molar-refractivity contribution < 1.29 is 9.59 Å². The first kappa shape index (κ1) is 19.2. The van der Waals surface area contributed by atoms with Crippen molar-refractivity contribution in [1.29, 1.82) is 0 Å². The fourth-order valence-electron chi connectivity index (χ4n) is 5.18. The van der Waals surface area contributed by atoms with E-state index in [9.17, 15) is 14.4 Å². The first-order valence-electron chi connectivity index (χ1n) is 10.5. The van der Waals surface area contributed by atoms with Gasteiger partial charge in [0.15, 0.2) is 0 Å². The van der Waals surface area contributed by atoms with Gasteiger partial charge in [0.05, 0.1) is 6.54 Å². The smallest absolute Gasteiger partial charge is 0.254 e. The van der Waals surface area contributed by atoms with Crippen molar-refractivity contribution in [2.75, 3.05) is 45.8 Å². The molecule has 0 aromatic carbocycles. The zero-order valence-corrected chi connectivity index (χ0v) is 16.5. The summed E-state index contributed by atoms with van der Waals surface area (Å²) in [6.45, 7) is 5.60. The summed E-state index contributed by atoms with van der Waals surface area (Å²) in [6.07, 6.45) is 8.01. The summed E-state index contributed by atoms with van der Waals surface area (Å²) < 4.78 is 0. The lowest BCUT2D eigenvalue weighted by molar-refractivity contribution is -0.132. The van der Waals surface area contributed by atoms with Gasteiger partial charge < -0.3 is 14.8 Å². The van der Waals surface area contributed by atoms with Crippen LogP contribution in [-0.4, -0.2) is 77.3 Å². The van der Waals surface area contributed by atoms with Crippen LogP contribution in [0.3, 0.4) is 0 Å². The Morgan fingerprint density at radius 3 is 2.43 bits per heavy atom. The van der Waals surface area contributed by atoms with E-state index in [0.29, 0.717) is 18.7 Å².